The molecule has 5 heteroatoms. The maximum Gasteiger partial charge on any atom is 0.221 e. The average molecular weight is 281 g/mol. The number of nitrogens with two attached hydrogens (primary N) is 1. The first-order chi connectivity index (χ1) is 8.63. The summed E-state index contributed by atoms with van der Waals surface area (Å²) in [6.07, 6.45) is 0.279. The number of hydrogen-bond acceptors (Lipinski definition) is 3. The molecule has 0 aliphatic carbocycles. The predicted octanol–water partition coefficient (Wildman–Crippen LogP) is 3.04. The van der Waals surface area contributed by atoms with Crippen LogP contribution >= 0.6 is 22.9 Å². The van der Waals surface area contributed by atoms with E-state index in [0.717, 1.165) is 22.1 Å². The summed E-state index contributed by atoms with van der Waals surface area (Å²) in [4.78, 5) is 11.9. The minimum Gasteiger partial charge on any atom is -0.380 e. The number of primary amides is 1. The summed E-state index contributed by atoms with van der Waals surface area (Å²) >= 11 is 7.42. The highest BCUT2D eigenvalue weighted by atomic mass is 35.5. The summed E-state index contributed by atoms with van der Waals surface area (Å²) in [5, 5.41) is 3.29. The van der Waals surface area contributed by atoms with Gasteiger partial charge in [-0.1, -0.05) is 23.7 Å². The third kappa shape index (κ3) is 3.75. The first kappa shape index (κ1) is 12.9. The van der Waals surface area contributed by atoms with Gasteiger partial charge in [-0.15, -0.1) is 11.3 Å². The van der Waals surface area contributed by atoms with Crippen molar-refractivity contribution in [1.82, 2.24) is 0 Å². The molecule has 18 heavy (non-hydrogen) atoms. The van der Waals surface area contributed by atoms with Crippen LogP contribution in [0.4, 0.5) is 5.69 Å². The van der Waals surface area contributed by atoms with E-state index in [4.69, 9.17) is 17.3 Å². The monoisotopic (exact) mass is 280 g/mol. The highest BCUT2D eigenvalue weighted by Crippen LogP contribution is 2.22. The lowest BCUT2D eigenvalue weighted by Gasteiger charge is -2.05. The van der Waals surface area contributed by atoms with Gasteiger partial charge in [-0.05, 0) is 29.8 Å². The van der Waals surface area contributed by atoms with Crippen LogP contribution in [0, 0.1) is 0 Å². The third-order valence-corrected chi connectivity index (χ3v) is 3.66. The quantitative estimate of drug-likeness (QED) is 0.884. The van der Waals surface area contributed by atoms with Crippen LogP contribution in [-0.2, 0) is 17.8 Å². The first-order valence-corrected chi connectivity index (χ1v) is 6.68. The number of hydrogen-bond donors (Lipinski definition) is 2. The van der Waals surface area contributed by atoms with Gasteiger partial charge in [0.25, 0.3) is 0 Å². The van der Waals surface area contributed by atoms with Crippen molar-refractivity contribution in [2.24, 2.45) is 5.73 Å². The van der Waals surface area contributed by atoms with Crippen molar-refractivity contribution in [3.63, 3.8) is 0 Å². The van der Waals surface area contributed by atoms with E-state index in [1.54, 1.807) is 11.3 Å². The zero-order valence-electron chi connectivity index (χ0n) is 9.65. The Morgan fingerprint density at radius 2 is 1.94 bits per heavy atom. The van der Waals surface area contributed by atoms with E-state index in [0.29, 0.717) is 0 Å². The molecule has 0 spiro atoms. The smallest absolute Gasteiger partial charge is 0.221 e. The van der Waals surface area contributed by atoms with Gasteiger partial charge in [0.1, 0.15) is 0 Å². The van der Waals surface area contributed by atoms with Crippen molar-refractivity contribution >= 4 is 34.5 Å². The fraction of sp³-hybridized carbons (Fsp3) is 0.154. The summed E-state index contributed by atoms with van der Waals surface area (Å²) in [5.41, 5.74) is 7.06. The van der Waals surface area contributed by atoms with E-state index in [2.05, 4.69) is 5.32 Å². The molecule has 1 heterocycles. The SMILES string of the molecule is NC(=O)Cc1ccc(NCc2ccc(Cl)s2)cc1. The molecule has 1 amide bonds. The van der Waals surface area contributed by atoms with Crippen molar-refractivity contribution < 1.29 is 4.79 Å². The van der Waals surface area contributed by atoms with Crippen molar-refractivity contribution in [1.29, 1.82) is 0 Å². The Morgan fingerprint density at radius 3 is 2.50 bits per heavy atom. The number of carbonyl (C=O) groups excluding carboxylic acids is 1. The zero-order chi connectivity index (χ0) is 13.0. The lowest BCUT2D eigenvalue weighted by Crippen LogP contribution is -2.13. The highest BCUT2D eigenvalue weighted by molar-refractivity contribution is 7.16. The average Bonchev–Trinajstić information content (AvgIpc) is 2.74. The summed E-state index contributed by atoms with van der Waals surface area (Å²) < 4.78 is 0.795. The Morgan fingerprint density at radius 1 is 1.22 bits per heavy atom. The fourth-order valence-electron chi connectivity index (χ4n) is 1.58. The summed E-state index contributed by atoms with van der Waals surface area (Å²) in [6, 6.07) is 11.6. The number of benzene rings is 1. The van der Waals surface area contributed by atoms with E-state index in [1.807, 2.05) is 36.4 Å². The van der Waals surface area contributed by atoms with E-state index in [1.165, 1.54) is 4.88 Å². The molecule has 0 aliphatic rings. The second-order valence-corrected chi connectivity index (χ2v) is 5.70. The second-order valence-electron chi connectivity index (χ2n) is 3.90. The molecule has 0 atom stereocenters. The Kier molecular flexibility index (Phi) is 4.23. The third-order valence-electron chi connectivity index (χ3n) is 2.43. The lowest BCUT2D eigenvalue weighted by molar-refractivity contribution is -0.117. The Labute approximate surface area is 115 Å². The van der Waals surface area contributed by atoms with Gasteiger partial charge in [0.05, 0.1) is 10.8 Å². The number of amides is 1. The fourth-order valence-corrected chi connectivity index (χ4v) is 2.60. The van der Waals surface area contributed by atoms with Crippen LogP contribution in [0.25, 0.3) is 0 Å². The van der Waals surface area contributed by atoms with E-state index in [-0.39, 0.29) is 12.3 Å². The van der Waals surface area contributed by atoms with Crippen LogP contribution in [0.5, 0.6) is 0 Å². The van der Waals surface area contributed by atoms with Crippen molar-refractivity contribution in [2.75, 3.05) is 5.32 Å². The van der Waals surface area contributed by atoms with Crippen LogP contribution in [0.1, 0.15) is 10.4 Å². The molecular formula is C13H13ClN2OS. The Hall–Kier alpha value is -1.52. The molecule has 2 rings (SSSR count). The van der Waals surface area contributed by atoms with Gasteiger partial charge in [0.2, 0.25) is 5.91 Å². The van der Waals surface area contributed by atoms with Crippen molar-refractivity contribution in [2.45, 2.75) is 13.0 Å². The molecule has 0 saturated heterocycles. The van der Waals surface area contributed by atoms with Gasteiger partial charge < -0.3 is 11.1 Å². The minimum absolute atomic E-state index is 0.279. The molecule has 0 unspecified atom stereocenters. The predicted molar refractivity (Wildman–Crippen MR) is 76.0 cm³/mol. The van der Waals surface area contributed by atoms with Gasteiger partial charge in [-0.3, -0.25) is 4.79 Å². The number of thiophene rings is 1. The normalized spacial score (nSPS) is 10.3. The molecule has 0 bridgehead atoms. The second kappa shape index (κ2) is 5.89. The summed E-state index contributed by atoms with van der Waals surface area (Å²) in [7, 11) is 0. The van der Waals surface area contributed by atoms with Crippen LogP contribution in [0.3, 0.4) is 0 Å². The number of nitrogens with one attached hydrogen (secondary N) is 1. The van der Waals surface area contributed by atoms with Gasteiger partial charge >= 0.3 is 0 Å². The summed E-state index contributed by atoms with van der Waals surface area (Å²) in [6.45, 7) is 0.743. The number of anilines is 1. The lowest BCUT2D eigenvalue weighted by atomic mass is 10.1. The van der Waals surface area contributed by atoms with Crippen molar-refractivity contribution in [3.05, 3.63) is 51.2 Å². The first-order valence-electron chi connectivity index (χ1n) is 5.49. The molecular weight excluding hydrogens is 268 g/mol. The number of rotatable bonds is 5. The van der Waals surface area contributed by atoms with E-state index < -0.39 is 0 Å². The molecule has 3 nitrogen and oxygen atoms in total. The molecule has 1 aromatic carbocycles. The van der Waals surface area contributed by atoms with Crippen LogP contribution in [-0.4, -0.2) is 5.91 Å². The number of carbonyl (C=O) groups is 1. The van der Waals surface area contributed by atoms with Gasteiger partial charge in [0.15, 0.2) is 0 Å². The Bertz CT molecular complexity index is 536. The minimum atomic E-state index is -0.316. The summed E-state index contributed by atoms with van der Waals surface area (Å²) in [5.74, 6) is -0.316. The molecule has 3 N–H and O–H groups in total. The van der Waals surface area contributed by atoms with Gasteiger partial charge in [-0.25, -0.2) is 0 Å². The van der Waals surface area contributed by atoms with E-state index >= 15 is 0 Å². The molecule has 94 valence electrons. The topological polar surface area (TPSA) is 55.1 Å². The molecule has 0 radical (unpaired) electrons. The van der Waals surface area contributed by atoms with Gasteiger partial charge in [0, 0.05) is 17.1 Å². The molecule has 1 aromatic heterocycles. The molecule has 0 aliphatic heterocycles. The standard InChI is InChI=1S/C13H13ClN2OS/c14-12-6-5-11(18-12)8-16-10-3-1-9(2-4-10)7-13(15)17/h1-6,16H,7-8H2,(H2,15,17). The number of halogens is 1. The molecule has 0 saturated carbocycles. The van der Waals surface area contributed by atoms with Crippen LogP contribution in [0.15, 0.2) is 36.4 Å². The van der Waals surface area contributed by atoms with Crippen molar-refractivity contribution in [3.8, 4) is 0 Å². The zero-order valence-corrected chi connectivity index (χ0v) is 11.2. The molecule has 0 fully saturated rings. The maximum absolute atomic E-state index is 10.8. The highest BCUT2D eigenvalue weighted by Gasteiger charge is 2.00. The Balaban J connectivity index is 1.92. The van der Waals surface area contributed by atoms with E-state index in [9.17, 15) is 4.79 Å². The maximum atomic E-state index is 10.8. The van der Waals surface area contributed by atoms with Crippen LogP contribution in [0.2, 0.25) is 4.34 Å². The van der Waals surface area contributed by atoms with Gasteiger partial charge in [-0.2, -0.15) is 0 Å². The van der Waals surface area contributed by atoms with Crippen LogP contribution < -0.4 is 11.1 Å². The largest absolute Gasteiger partial charge is 0.380 e. The molecule has 2 aromatic rings.